The predicted molar refractivity (Wildman–Crippen MR) is 109 cm³/mol. The van der Waals surface area contributed by atoms with Gasteiger partial charge in [0.15, 0.2) is 11.3 Å². The van der Waals surface area contributed by atoms with E-state index in [1.807, 2.05) is 39.0 Å². The van der Waals surface area contributed by atoms with Gasteiger partial charge in [-0.3, -0.25) is 9.59 Å². The molecule has 2 bridgehead atoms. The summed E-state index contributed by atoms with van der Waals surface area (Å²) in [6.07, 6.45) is 8.02. The minimum atomic E-state index is -1.28. The number of amides is 1. The molecular formula is C21H23ClN2O2S. The molecule has 1 heterocycles. The number of thiocarbonyl (C=S) groups is 1. The summed E-state index contributed by atoms with van der Waals surface area (Å²) >= 11 is 11.9. The molecule has 4 aliphatic rings. The van der Waals surface area contributed by atoms with Crippen LogP contribution in [0.15, 0.2) is 41.4 Å². The van der Waals surface area contributed by atoms with Crippen molar-refractivity contribution in [3.05, 3.63) is 36.5 Å². The average Bonchev–Trinajstić information content (AvgIpc) is 2.95. The summed E-state index contributed by atoms with van der Waals surface area (Å²) in [6, 6.07) is -0.158. The largest absolute Gasteiger partial charge is 0.349 e. The Bertz CT molecular complexity index is 871. The molecule has 0 radical (unpaired) electrons. The summed E-state index contributed by atoms with van der Waals surface area (Å²) in [4.78, 5) is 31.6. The van der Waals surface area contributed by atoms with E-state index in [1.165, 1.54) is 0 Å². The Hall–Kier alpha value is -1.55. The van der Waals surface area contributed by atoms with Gasteiger partial charge < -0.3 is 5.32 Å². The van der Waals surface area contributed by atoms with Crippen molar-refractivity contribution in [1.82, 2.24) is 5.32 Å². The zero-order valence-electron chi connectivity index (χ0n) is 15.7. The summed E-state index contributed by atoms with van der Waals surface area (Å²) in [5.41, 5.74) is -1.85. The lowest BCUT2D eigenvalue weighted by molar-refractivity contribution is -0.139. The molecule has 1 saturated heterocycles. The topological polar surface area (TPSA) is 58.5 Å². The normalized spacial score (nSPS) is 46.5. The maximum atomic E-state index is 14.0. The van der Waals surface area contributed by atoms with Crippen molar-refractivity contribution < 1.29 is 9.59 Å². The number of ketones is 1. The maximum Gasteiger partial charge on any atom is 0.224 e. The lowest BCUT2D eigenvalue weighted by atomic mass is 9.53. The number of carbonyl (C=O) groups is 2. The first-order chi connectivity index (χ1) is 12.7. The molecule has 0 spiro atoms. The molecule has 1 amide bonds. The molecule has 1 aliphatic heterocycles. The number of halogens is 1. The van der Waals surface area contributed by atoms with Crippen LogP contribution in [0, 0.1) is 28.6 Å². The van der Waals surface area contributed by atoms with Gasteiger partial charge in [-0.05, 0) is 29.6 Å². The van der Waals surface area contributed by atoms with Crippen LogP contribution >= 0.6 is 23.8 Å². The number of allylic oxidation sites excluding steroid dienone is 2. The summed E-state index contributed by atoms with van der Waals surface area (Å²) < 4.78 is 0. The van der Waals surface area contributed by atoms with Crippen LogP contribution in [0.4, 0.5) is 0 Å². The third-order valence-corrected chi connectivity index (χ3v) is 8.31. The number of nitrogens with zero attached hydrogens (tertiary/aromatic N) is 1. The Morgan fingerprint density at radius 3 is 2.74 bits per heavy atom. The number of carbonyl (C=O) groups excluding carboxylic acids is 2. The van der Waals surface area contributed by atoms with Gasteiger partial charge in [-0.2, -0.15) is 0 Å². The van der Waals surface area contributed by atoms with Gasteiger partial charge in [0.05, 0.1) is 17.1 Å². The van der Waals surface area contributed by atoms with Crippen LogP contribution in [0.2, 0.25) is 0 Å². The quantitative estimate of drug-likeness (QED) is 0.333. The third-order valence-electron chi connectivity index (χ3n) is 7.59. The Balaban J connectivity index is 2.13. The van der Waals surface area contributed by atoms with Gasteiger partial charge in [-0.15, -0.1) is 18.2 Å². The van der Waals surface area contributed by atoms with E-state index in [2.05, 4.69) is 22.0 Å². The average molecular weight is 403 g/mol. The SMILES string of the molecule is C=C[C@]1(C)[C@H](Cl)C[C@@H]2C(=O)[C@]1(N=C=S)C1=CC=CC3NC(=O)[C@H](C13)C2(C)C. The molecule has 27 heavy (non-hydrogen) atoms. The number of fused-ring (bicyclic) bond motifs is 3. The zero-order chi connectivity index (χ0) is 19.8. The van der Waals surface area contributed by atoms with E-state index in [0.717, 1.165) is 5.57 Å². The first-order valence-electron chi connectivity index (χ1n) is 9.27. The molecule has 7 atom stereocenters. The highest BCUT2D eigenvalue weighted by molar-refractivity contribution is 7.78. The number of hydrogen-bond donors (Lipinski definition) is 1. The molecule has 142 valence electrons. The van der Waals surface area contributed by atoms with Crippen LogP contribution in [-0.4, -0.2) is 33.8 Å². The number of nitrogens with one attached hydrogen (secondary N) is 1. The molecule has 0 aromatic heterocycles. The fourth-order valence-corrected chi connectivity index (χ4v) is 6.57. The van der Waals surface area contributed by atoms with Crippen LogP contribution < -0.4 is 5.32 Å². The molecule has 3 aliphatic carbocycles. The van der Waals surface area contributed by atoms with Gasteiger partial charge in [0.25, 0.3) is 0 Å². The Kier molecular flexibility index (Phi) is 3.99. The van der Waals surface area contributed by atoms with Gasteiger partial charge in [0, 0.05) is 22.6 Å². The second-order valence-electron chi connectivity index (χ2n) is 8.89. The van der Waals surface area contributed by atoms with Crippen molar-refractivity contribution in [2.45, 2.75) is 44.1 Å². The molecule has 4 rings (SSSR count). The highest BCUT2D eigenvalue weighted by Crippen LogP contribution is 2.64. The van der Waals surface area contributed by atoms with Crippen LogP contribution in [-0.2, 0) is 9.59 Å². The highest BCUT2D eigenvalue weighted by Gasteiger charge is 2.72. The van der Waals surface area contributed by atoms with Crippen molar-refractivity contribution in [2.24, 2.45) is 33.6 Å². The number of alkyl halides is 1. The van der Waals surface area contributed by atoms with Crippen LogP contribution in [0.1, 0.15) is 27.2 Å². The molecule has 4 nitrogen and oxygen atoms in total. The molecule has 3 fully saturated rings. The van der Waals surface area contributed by atoms with E-state index in [4.69, 9.17) is 23.8 Å². The van der Waals surface area contributed by atoms with Crippen molar-refractivity contribution in [1.29, 1.82) is 0 Å². The number of isothiocyanates is 1. The van der Waals surface area contributed by atoms with Crippen molar-refractivity contribution in [3.8, 4) is 0 Å². The van der Waals surface area contributed by atoms with Gasteiger partial charge in [-0.25, -0.2) is 4.99 Å². The van der Waals surface area contributed by atoms with E-state index in [-0.39, 0.29) is 34.9 Å². The van der Waals surface area contributed by atoms with Gasteiger partial charge in [0.2, 0.25) is 5.91 Å². The lowest BCUT2D eigenvalue weighted by Gasteiger charge is -2.53. The zero-order valence-corrected chi connectivity index (χ0v) is 17.2. The minimum Gasteiger partial charge on any atom is -0.349 e. The predicted octanol–water partition coefficient (Wildman–Crippen LogP) is 3.48. The molecular weight excluding hydrogens is 380 g/mol. The van der Waals surface area contributed by atoms with E-state index in [0.29, 0.717) is 6.42 Å². The summed E-state index contributed by atoms with van der Waals surface area (Å²) in [5, 5.41) is 5.23. The molecule has 1 N–H and O–H groups in total. The van der Waals surface area contributed by atoms with Crippen molar-refractivity contribution >= 4 is 40.7 Å². The summed E-state index contributed by atoms with van der Waals surface area (Å²) in [5.74, 6) is -0.931. The molecule has 0 aromatic rings. The maximum absolute atomic E-state index is 14.0. The number of hydrogen-bond acceptors (Lipinski definition) is 4. The van der Waals surface area contributed by atoms with Crippen LogP contribution in [0.25, 0.3) is 0 Å². The summed E-state index contributed by atoms with van der Waals surface area (Å²) in [6.45, 7) is 9.95. The smallest absolute Gasteiger partial charge is 0.224 e. The number of aliphatic imine (C=N–C) groups is 1. The van der Waals surface area contributed by atoms with Gasteiger partial charge >= 0.3 is 0 Å². The van der Waals surface area contributed by atoms with E-state index >= 15 is 0 Å². The van der Waals surface area contributed by atoms with E-state index in [9.17, 15) is 9.59 Å². The molecule has 0 aromatic carbocycles. The number of Topliss-reactive ketones (excluding diaryl/α,β-unsaturated/α-hetero) is 1. The van der Waals surface area contributed by atoms with E-state index in [1.54, 1.807) is 6.08 Å². The lowest BCUT2D eigenvalue weighted by Crippen LogP contribution is -2.63. The first-order valence-corrected chi connectivity index (χ1v) is 10.1. The first kappa shape index (κ1) is 18.8. The van der Waals surface area contributed by atoms with Crippen molar-refractivity contribution in [2.75, 3.05) is 0 Å². The Morgan fingerprint density at radius 2 is 2.11 bits per heavy atom. The fraction of sp³-hybridized carbons (Fsp3) is 0.571. The number of rotatable bonds is 2. The monoisotopic (exact) mass is 402 g/mol. The minimum absolute atomic E-state index is 0.0132. The van der Waals surface area contributed by atoms with Gasteiger partial charge in [-0.1, -0.05) is 45.1 Å². The van der Waals surface area contributed by atoms with Gasteiger partial charge in [0.1, 0.15) is 0 Å². The summed E-state index contributed by atoms with van der Waals surface area (Å²) in [7, 11) is 0. The third kappa shape index (κ3) is 2.00. The van der Waals surface area contributed by atoms with Crippen LogP contribution in [0.3, 0.4) is 0 Å². The molecule has 6 heteroatoms. The fourth-order valence-electron chi connectivity index (χ4n) is 6.01. The van der Waals surface area contributed by atoms with Crippen molar-refractivity contribution in [3.63, 3.8) is 0 Å². The van der Waals surface area contributed by atoms with Crippen LogP contribution in [0.5, 0.6) is 0 Å². The Morgan fingerprint density at radius 1 is 1.41 bits per heavy atom. The second-order valence-corrected chi connectivity index (χ2v) is 9.60. The highest BCUT2D eigenvalue weighted by atomic mass is 35.5. The Labute approximate surface area is 169 Å². The molecule has 2 unspecified atom stereocenters. The van der Waals surface area contributed by atoms with E-state index < -0.39 is 22.3 Å². The second kappa shape index (κ2) is 5.73. The molecule has 2 saturated carbocycles. The standard InChI is InChI=1S/C21H23ClN2O2S/c1-5-20(4)14(22)9-12-17(25)21(20,23-10-27)11-7-6-8-13-15(11)16(18(26)24-13)19(12,2)3/h5-8,12-16H,1,9H2,2-4H3,(H,24,26)/t12-,13?,14-,15?,16+,20-,21-/m1/s1.